The van der Waals surface area contributed by atoms with Crippen LogP contribution in [0.5, 0.6) is 0 Å². The molecule has 90 valence electrons. The van der Waals surface area contributed by atoms with E-state index in [0.29, 0.717) is 13.0 Å². The smallest absolute Gasteiger partial charge is 0.244 e. The molecule has 0 aliphatic carbocycles. The molecule has 2 heterocycles. The van der Waals surface area contributed by atoms with E-state index in [9.17, 15) is 9.59 Å². The largest absolute Gasteiger partial charge is 0.352 e. The Kier molecular flexibility index (Phi) is 3.93. The molecule has 0 spiro atoms. The Labute approximate surface area is 104 Å². The minimum absolute atomic E-state index is 0.0679. The summed E-state index contributed by atoms with van der Waals surface area (Å²) >= 11 is 1.58. The van der Waals surface area contributed by atoms with E-state index in [4.69, 9.17) is 0 Å². The Morgan fingerprint density at radius 2 is 2.53 bits per heavy atom. The first-order valence-electron chi connectivity index (χ1n) is 5.53. The van der Waals surface area contributed by atoms with Gasteiger partial charge in [-0.25, -0.2) is 0 Å². The molecule has 4 nitrogen and oxygen atoms in total. The molecule has 2 N–H and O–H groups in total. The van der Waals surface area contributed by atoms with Gasteiger partial charge in [-0.1, -0.05) is 6.07 Å². The highest BCUT2D eigenvalue weighted by atomic mass is 32.1. The molecule has 1 aliphatic rings. The Morgan fingerprint density at radius 1 is 1.65 bits per heavy atom. The van der Waals surface area contributed by atoms with Gasteiger partial charge in [-0.15, -0.1) is 11.3 Å². The number of carbonyl (C=O) groups is 2. The van der Waals surface area contributed by atoms with Crippen LogP contribution in [0.15, 0.2) is 23.6 Å². The lowest BCUT2D eigenvalue weighted by Crippen LogP contribution is -2.37. The number of hydrogen-bond acceptors (Lipinski definition) is 3. The van der Waals surface area contributed by atoms with E-state index < -0.39 is 0 Å². The van der Waals surface area contributed by atoms with Crippen LogP contribution in [0.3, 0.4) is 0 Å². The van der Waals surface area contributed by atoms with Crippen molar-refractivity contribution >= 4 is 29.2 Å². The van der Waals surface area contributed by atoms with E-state index in [0.717, 1.165) is 11.3 Å². The number of carbonyl (C=O) groups excluding carboxylic acids is 2. The lowest BCUT2D eigenvalue weighted by Gasteiger charge is -2.09. The van der Waals surface area contributed by atoms with Gasteiger partial charge in [-0.2, -0.15) is 0 Å². The van der Waals surface area contributed by atoms with Crippen LogP contribution >= 0.6 is 11.3 Å². The quantitative estimate of drug-likeness (QED) is 0.788. The molecular formula is C12H14N2O2S. The summed E-state index contributed by atoms with van der Waals surface area (Å²) in [5.74, 6) is -0.0575. The maximum atomic E-state index is 11.5. The zero-order valence-electron chi connectivity index (χ0n) is 9.31. The molecule has 1 aromatic heterocycles. The molecule has 5 heteroatoms. The van der Waals surface area contributed by atoms with Crippen molar-refractivity contribution in [3.05, 3.63) is 28.5 Å². The van der Waals surface area contributed by atoms with Crippen molar-refractivity contribution in [2.45, 2.75) is 18.9 Å². The molecule has 0 radical (unpaired) electrons. The van der Waals surface area contributed by atoms with Gasteiger partial charge < -0.3 is 10.6 Å². The number of thiophene rings is 1. The molecule has 0 aromatic carbocycles. The van der Waals surface area contributed by atoms with Crippen molar-refractivity contribution in [1.29, 1.82) is 0 Å². The molecule has 0 saturated carbocycles. The van der Waals surface area contributed by atoms with Gasteiger partial charge in [0.15, 0.2) is 0 Å². The first-order chi connectivity index (χ1) is 8.24. The molecule has 1 saturated heterocycles. The van der Waals surface area contributed by atoms with E-state index in [1.807, 2.05) is 17.5 Å². The summed E-state index contributed by atoms with van der Waals surface area (Å²) in [6, 6.07) is 3.98. The van der Waals surface area contributed by atoms with Crippen molar-refractivity contribution in [1.82, 2.24) is 10.6 Å². The summed E-state index contributed by atoms with van der Waals surface area (Å²) in [6.07, 6.45) is 4.66. The average Bonchev–Trinajstić information content (AvgIpc) is 2.95. The predicted octanol–water partition coefficient (Wildman–Crippen LogP) is 1.16. The van der Waals surface area contributed by atoms with Gasteiger partial charge in [0.05, 0.1) is 0 Å². The van der Waals surface area contributed by atoms with Gasteiger partial charge >= 0.3 is 0 Å². The third kappa shape index (κ3) is 3.71. The lowest BCUT2D eigenvalue weighted by molar-refractivity contribution is -0.120. The van der Waals surface area contributed by atoms with Gasteiger partial charge in [-0.3, -0.25) is 9.59 Å². The fraction of sp³-hybridized carbons (Fsp3) is 0.333. The molecule has 1 aromatic rings. The van der Waals surface area contributed by atoms with Crippen LogP contribution in [0.25, 0.3) is 6.08 Å². The molecular weight excluding hydrogens is 236 g/mol. The highest BCUT2D eigenvalue weighted by Gasteiger charge is 2.20. The number of amides is 2. The molecule has 2 rings (SSSR count). The van der Waals surface area contributed by atoms with E-state index in [1.54, 1.807) is 17.4 Å². The van der Waals surface area contributed by atoms with Crippen LogP contribution < -0.4 is 10.6 Å². The lowest BCUT2D eigenvalue weighted by atomic mass is 10.2. The Hall–Kier alpha value is -1.62. The molecule has 1 fully saturated rings. The second kappa shape index (κ2) is 5.63. The normalized spacial score (nSPS) is 19.5. The molecule has 2 amide bonds. The Morgan fingerprint density at radius 3 is 3.18 bits per heavy atom. The standard InChI is InChI=1S/C12H14N2O2S/c15-11(6-4-10-2-1-7-17-10)13-8-9-3-5-12(16)14-9/h1-2,4,6-7,9H,3,5,8H2,(H,13,15)(H,14,16). The van der Waals surface area contributed by atoms with Crippen LogP contribution in [-0.2, 0) is 9.59 Å². The maximum Gasteiger partial charge on any atom is 0.244 e. The highest BCUT2D eigenvalue weighted by Crippen LogP contribution is 2.10. The zero-order chi connectivity index (χ0) is 12.1. The molecule has 1 aliphatic heterocycles. The van der Waals surface area contributed by atoms with Crippen molar-refractivity contribution < 1.29 is 9.59 Å². The van der Waals surface area contributed by atoms with E-state index in [2.05, 4.69) is 10.6 Å². The number of nitrogens with one attached hydrogen (secondary N) is 2. The van der Waals surface area contributed by atoms with E-state index in [-0.39, 0.29) is 17.9 Å². The van der Waals surface area contributed by atoms with Crippen LogP contribution in [0.1, 0.15) is 17.7 Å². The number of hydrogen-bond donors (Lipinski definition) is 2. The van der Waals surface area contributed by atoms with E-state index >= 15 is 0 Å². The zero-order valence-corrected chi connectivity index (χ0v) is 10.1. The third-order valence-electron chi connectivity index (χ3n) is 2.55. The summed E-state index contributed by atoms with van der Waals surface area (Å²) in [4.78, 5) is 23.5. The van der Waals surface area contributed by atoms with Crippen molar-refractivity contribution in [3.63, 3.8) is 0 Å². The maximum absolute atomic E-state index is 11.5. The van der Waals surface area contributed by atoms with Gasteiger partial charge in [0, 0.05) is 30.0 Å². The molecule has 1 unspecified atom stereocenters. The van der Waals surface area contributed by atoms with E-state index in [1.165, 1.54) is 6.08 Å². The van der Waals surface area contributed by atoms with Crippen molar-refractivity contribution in [2.24, 2.45) is 0 Å². The third-order valence-corrected chi connectivity index (χ3v) is 3.39. The molecule has 17 heavy (non-hydrogen) atoms. The summed E-state index contributed by atoms with van der Waals surface area (Å²) < 4.78 is 0. The van der Waals surface area contributed by atoms with Crippen molar-refractivity contribution in [2.75, 3.05) is 6.54 Å². The van der Waals surface area contributed by atoms with Crippen LogP contribution in [0.2, 0.25) is 0 Å². The van der Waals surface area contributed by atoms with Gasteiger partial charge in [0.1, 0.15) is 0 Å². The predicted molar refractivity (Wildman–Crippen MR) is 67.5 cm³/mol. The summed E-state index contributed by atoms with van der Waals surface area (Å²) in [7, 11) is 0. The molecule has 1 atom stereocenters. The SMILES string of the molecule is O=C(C=Cc1cccs1)NCC1CCC(=O)N1. The Balaban J connectivity index is 1.72. The van der Waals surface area contributed by atoms with Crippen molar-refractivity contribution in [3.8, 4) is 0 Å². The minimum Gasteiger partial charge on any atom is -0.352 e. The second-order valence-corrected chi connectivity index (χ2v) is 4.88. The Bertz CT molecular complexity index is 426. The number of rotatable bonds is 4. The first-order valence-corrected chi connectivity index (χ1v) is 6.41. The minimum atomic E-state index is -0.125. The topological polar surface area (TPSA) is 58.2 Å². The fourth-order valence-corrected chi connectivity index (χ4v) is 2.28. The van der Waals surface area contributed by atoms with Gasteiger partial charge in [0.2, 0.25) is 11.8 Å². The summed E-state index contributed by atoms with van der Waals surface area (Å²) in [5, 5.41) is 7.54. The van der Waals surface area contributed by atoms with Gasteiger partial charge in [0.25, 0.3) is 0 Å². The van der Waals surface area contributed by atoms with Gasteiger partial charge in [-0.05, 0) is 23.9 Å². The van der Waals surface area contributed by atoms with Crippen LogP contribution in [0.4, 0.5) is 0 Å². The fourth-order valence-electron chi connectivity index (χ4n) is 1.66. The summed E-state index contributed by atoms with van der Waals surface area (Å²) in [5.41, 5.74) is 0. The monoisotopic (exact) mass is 250 g/mol. The molecule has 0 bridgehead atoms. The first kappa shape index (κ1) is 11.9. The van der Waals surface area contributed by atoms with Crippen LogP contribution in [-0.4, -0.2) is 24.4 Å². The highest BCUT2D eigenvalue weighted by molar-refractivity contribution is 7.10. The second-order valence-electron chi connectivity index (χ2n) is 3.90. The van der Waals surface area contributed by atoms with Crippen LogP contribution in [0, 0.1) is 0 Å². The average molecular weight is 250 g/mol. The summed E-state index contributed by atoms with van der Waals surface area (Å²) in [6.45, 7) is 0.499.